The minimum absolute atomic E-state index is 0.0257. The molecule has 3 aromatic rings. The molecule has 2 aromatic heterocycles. The van der Waals surface area contributed by atoms with E-state index in [1.165, 1.54) is 12.5 Å². The van der Waals surface area contributed by atoms with Crippen LogP contribution in [0.15, 0.2) is 48.8 Å². The van der Waals surface area contributed by atoms with Gasteiger partial charge in [-0.25, -0.2) is 9.37 Å². The predicted molar refractivity (Wildman–Crippen MR) is 108 cm³/mol. The maximum absolute atomic E-state index is 14.6. The molecule has 0 saturated heterocycles. The van der Waals surface area contributed by atoms with Crippen LogP contribution < -0.4 is 5.32 Å². The number of halogens is 1. The Hall–Kier alpha value is -2.69. The van der Waals surface area contributed by atoms with Crippen molar-refractivity contribution in [3.63, 3.8) is 0 Å². The van der Waals surface area contributed by atoms with Gasteiger partial charge in [0.25, 0.3) is 0 Å². The van der Waals surface area contributed by atoms with E-state index >= 15 is 0 Å². The number of carbonyl (C=O) groups excluding carboxylic acids is 1. The Morgan fingerprint density at radius 1 is 1.25 bits per heavy atom. The molecule has 1 fully saturated rings. The van der Waals surface area contributed by atoms with Gasteiger partial charge in [0.05, 0.1) is 5.69 Å². The number of pyridine rings is 1. The van der Waals surface area contributed by atoms with Crippen molar-refractivity contribution >= 4 is 11.6 Å². The van der Waals surface area contributed by atoms with Crippen molar-refractivity contribution < 1.29 is 9.18 Å². The normalized spacial score (nSPS) is 16.2. The quantitative estimate of drug-likeness (QED) is 0.695. The summed E-state index contributed by atoms with van der Waals surface area (Å²) >= 11 is 0. The summed E-state index contributed by atoms with van der Waals surface area (Å²) in [6.07, 6.45) is 9.54. The first-order valence-electron chi connectivity index (χ1n) is 10.1. The van der Waals surface area contributed by atoms with Gasteiger partial charge < -0.3 is 9.72 Å². The summed E-state index contributed by atoms with van der Waals surface area (Å²) < 4.78 is 16.6. The van der Waals surface area contributed by atoms with E-state index in [0.717, 1.165) is 42.6 Å². The zero-order chi connectivity index (χ0) is 19.5. The summed E-state index contributed by atoms with van der Waals surface area (Å²) in [5.41, 5.74) is 3.29. The third-order valence-corrected chi connectivity index (χ3v) is 5.69. The molecule has 1 atom stereocenters. The minimum atomic E-state index is -0.387. The predicted octanol–water partition coefficient (Wildman–Crippen LogP) is 4.75. The van der Waals surface area contributed by atoms with Gasteiger partial charge in [0.15, 0.2) is 0 Å². The van der Waals surface area contributed by atoms with Crippen molar-refractivity contribution in [1.82, 2.24) is 14.7 Å². The Labute approximate surface area is 164 Å². The lowest BCUT2D eigenvalue weighted by molar-refractivity contribution is -0.122. The number of benzene rings is 1. The first-order valence-corrected chi connectivity index (χ1v) is 10.1. The highest BCUT2D eigenvalue weighted by Crippen LogP contribution is 2.31. The van der Waals surface area contributed by atoms with E-state index in [4.69, 9.17) is 0 Å². The topological polar surface area (TPSA) is 46.4 Å². The summed E-state index contributed by atoms with van der Waals surface area (Å²) in [6.45, 7) is 2.01. The number of aromatic nitrogens is 2. The second-order valence-corrected chi connectivity index (χ2v) is 7.80. The molecule has 0 bridgehead atoms. The standard InChI is InChI=1S/C23H26FN3O/c1-16-11-12-27-21(15-25-22(27)13-16)19(18-9-5-6-10-20(18)24)14-23(28)26-17-7-3-2-4-8-17/h5-6,9-13,15,17,19H,2-4,7-8,14H2,1H3,(H,26,28). The maximum Gasteiger partial charge on any atom is 0.221 e. The number of carbonyl (C=O) groups is 1. The molecule has 1 unspecified atom stereocenters. The van der Waals surface area contributed by atoms with Gasteiger partial charge in [-0.15, -0.1) is 0 Å². The Bertz CT molecular complexity index is 975. The number of aryl methyl sites for hydroxylation is 1. The molecule has 4 rings (SSSR count). The number of nitrogens with zero attached hydrogens (tertiary/aromatic N) is 2. The Balaban J connectivity index is 1.66. The second kappa shape index (κ2) is 8.13. The van der Waals surface area contributed by atoms with Crippen LogP contribution in [-0.4, -0.2) is 21.3 Å². The van der Waals surface area contributed by atoms with E-state index in [-0.39, 0.29) is 30.1 Å². The van der Waals surface area contributed by atoms with Crippen molar-refractivity contribution in [3.8, 4) is 0 Å². The molecule has 0 spiro atoms. The molecule has 1 saturated carbocycles. The van der Waals surface area contributed by atoms with Crippen molar-refractivity contribution in [2.45, 2.75) is 57.4 Å². The summed E-state index contributed by atoms with van der Waals surface area (Å²) in [7, 11) is 0. The van der Waals surface area contributed by atoms with Gasteiger partial charge in [0.1, 0.15) is 11.5 Å². The molecule has 5 heteroatoms. The third-order valence-electron chi connectivity index (χ3n) is 5.69. The molecule has 4 nitrogen and oxygen atoms in total. The fourth-order valence-corrected chi connectivity index (χ4v) is 4.21. The second-order valence-electron chi connectivity index (χ2n) is 7.80. The van der Waals surface area contributed by atoms with Gasteiger partial charge in [-0.3, -0.25) is 4.79 Å². The lowest BCUT2D eigenvalue weighted by atomic mass is 9.91. The maximum atomic E-state index is 14.6. The van der Waals surface area contributed by atoms with Crippen molar-refractivity contribution in [2.24, 2.45) is 0 Å². The Morgan fingerprint density at radius 3 is 2.82 bits per heavy atom. The lowest BCUT2D eigenvalue weighted by Crippen LogP contribution is -2.37. The monoisotopic (exact) mass is 379 g/mol. The van der Waals surface area contributed by atoms with Crippen molar-refractivity contribution in [3.05, 3.63) is 71.4 Å². The van der Waals surface area contributed by atoms with E-state index in [1.807, 2.05) is 35.7 Å². The van der Waals surface area contributed by atoms with Crippen LogP contribution in [0.25, 0.3) is 5.65 Å². The highest BCUT2D eigenvalue weighted by molar-refractivity contribution is 5.78. The molecule has 28 heavy (non-hydrogen) atoms. The van der Waals surface area contributed by atoms with Crippen molar-refractivity contribution in [1.29, 1.82) is 0 Å². The van der Waals surface area contributed by atoms with Gasteiger partial charge in [-0.1, -0.05) is 37.5 Å². The van der Waals surface area contributed by atoms with Gasteiger partial charge in [-0.2, -0.15) is 0 Å². The molecular weight excluding hydrogens is 353 g/mol. The first kappa shape index (κ1) is 18.7. The third kappa shape index (κ3) is 3.93. The van der Waals surface area contributed by atoms with E-state index in [1.54, 1.807) is 18.3 Å². The Kier molecular flexibility index (Phi) is 5.42. The molecule has 1 aliphatic carbocycles. The smallest absolute Gasteiger partial charge is 0.221 e. The van der Waals surface area contributed by atoms with Gasteiger partial charge in [0.2, 0.25) is 5.91 Å². The number of rotatable bonds is 5. The molecule has 2 heterocycles. The summed E-state index contributed by atoms with van der Waals surface area (Å²) in [6, 6.07) is 10.9. The van der Waals surface area contributed by atoms with Crippen LogP contribution in [-0.2, 0) is 4.79 Å². The van der Waals surface area contributed by atoms with Crippen LogP contribution in [0.1, 0.15) is 61.3 Å². The van der Waals surface area contributed by atoms with Crippen LogP contribution in [0, 0.1) is 12.7 Å². The number of amides is 1. The van der Waals surface area contributed by atoms with E-state index < -0.39 is 0 Å². The number of fused-ring (bicyclic) bond motifs is 1. The van der Waals surface area contributed by atoms with E-state index in [2.05, 4.69) is 10.3 Å². The highest BCUT2D eigenvalue weighted by Gasteiger charge is 2.25. The van der Waals surface area contributed by atoms with Crippen molar-refractivity contribution in [2.75, 3.05) is 0 Å². The largest absolute Gasteiger partial charge is 0.353 e. The van der Waals surface area contributed by atoms with Crippen LogP contribution >= 0.6 is 0 Å². The molecule has 0 aliphatic heterocycles. The molecule has 0 radical (unpaired) electrons. The fraction of sp³-hybridized carbons (Fsp3) is 0.391. The van der Waals surface area contributed by atoms with Gasteiger partial charge in [-0.05, 0) is 49.1 Å². The van der Waals surface area contributed by atoms with E-state index in [0.29, 0.717) is 5.56 Å². The number of imidazole rings is 1. The highest BCUT2D eigenvalue weighted by atomic mass is 19.1. The minimum Gasteiger partial charge on any atom is -0.353 e. The van der Waals surface area contributed by atoms with Crippen LogP contribution in [0.3, 0.4) is 0 Å². The Morgan fingerprint density at radius 2 is 2.04 bits per heavy atom. The molecular formula is C23H26FN3O. The van der Waals surface area contributed by atoms with Crippen LogP contribution in [0.4, 0.5) is 4.39 Å². The van der Waals surface area contributed by atoms with E-state index in [9.17, 15) is 9.18 Å². The number of nitrogens with one attached hydrogen (secondary N) is 1. The molecule has 146 valence electrons. The average molecular weight is 379 g/mol. The lowest BCUT2D eigenvalue weighted by Gasteiger charge is -2.24. The summed E-state index contributed by atoms with van der Waals surface area (Å²) in [4.78, 5) is 17.3. The molecule has 1 amide bonds. The SMILES string of the molecule is Cc1ccn2c(C(CC(=O)NC3CCCCC3)c3ccccc3F)cnc2c1. The molecule has 1 N–H and O–H groups in total. The first-order chi connectivity index (χ1) is 13.6. The van der Waals surface area contributed by atoms with Crippen LogP contribution in [0.2, 0.25) is 0 Å². The number of hydrogen-bond acceptors (Lipinski definition) is 2. The fourth-order valence-electron chi connectivity index (χ4n) is 4.21. The molecule has 1 aliphatic rings. The average Bonchev–Trinajstić information content (AvgIpc) is 3.10. The number of hydrogen-bond donors (Lipinski definition) is 1. The van der Waals surface area contributed by atoms with Gasteiger partial charge >= 0.3 is 0 Å². The summed E-state index contributed by atoms with van der Waals surface area (Å²) in [5.74, 6) is -0.704. The molecule has 1 aromatic carbocycles. The summed E-state index contributed by atoms with van der Waals surface area (Å²) in [5, 5.41) is 3.17. The van der Waals surface area contributed by atoms with Gasteiger partial charge in [0, 0.05) is 30.8 Å². The zero-order valence-electron chi connectivity index (χ0n) is 16.2. The van der Waals surface area contributed by atoms with Crippen LogP contribution in [0.5, 0.6) is 0 Å². The zero-order valence-corrected chi connectivity index (χ0v) is 16.2.